The van der Waals surface area contributed by atoms with Crippen molar-refractivity contribution in [2.45, 2.75) is 19.9 Å². The Balaban J connectivity index is 2.04. The van der Waals surface area contributed by atoms with Gasteiger partial charge in [-0.05, 0) is 48.0 Å². The minimum atomic E-state index is 0.557. The zero-order valence-electron chi connectivity index (χ0n) is 12.6. The van der Waals surface area contributed by atoms with E-state index in [0.29, 0.717) is 21.7 Å². The first kappa shape index (κ1) is 17.1. The molecule has 0 fully saturated rings. The molecule has 0 amide bonds. The lowest BCUT2D eigenvalue weighted by Crippen LogP contribution is -2.30. The monoisotopic (exact) mass is 352 g/mol. The molecule has 0 bridgehead atoms. The van der Waals surface area contributed by atoms with E-state index >= 15 is 0 Å². The van der Waals surface area contributed by atoms with Gasteiger partial charge in [-0.25, -0.2) is 0 Å². The predicted molar refractivity (Wildman–Crippen MR) is 100.0 cm³/mol. The lowest BCUT2D eigenvalue weighted by atomic mass is 10.1. The van der Waals surface area contributed by atoms with E-state index in [1.165, 1.54) is 5.56 Å². The Morgan fingerprint density at radius 1 is 1.18 bits per heavy atom. The maximum absolute atomic E-state index is 6.22. The van der Waals surface area contributed by atoms with Gasteiger partial charge in [0, 0.05) is 19.3 Å². The third kappa shape index (κ3) is 4.35. The number of nitrogens with zero attached hydrogens (tertiary/aromatic N) is 1. The average molecular weight is 353 g/mol. The van der Waals surface area contributed by atoms with Crippen LogP contribution in [-0.2, 0) is 13.0 Å². The number of thiocarbonyl (C=S) groups is 1. The summed E-state index contributed by atoms with van der Waals surface area (Å²) >= 11 is 17.7. The van der Waals surface area contributed by atoms with Gasteiger partial charge in [-0.3, -0.25) is 0 Å². The van der Waals surface area contributed by atoms with E-state index in [2.05, 4.69) is 24.4 Å². The number of halogens is 2. The van der Waals surface area contributed by atoms with Crippen molar-refractivity contribution < 1.29 is 0 Å². The van der Waals surface area contributed by atoms with Gasteiger partial charge in [-0.1, -0.05) is 54.4 Å². The number of nitrogens with one attached hydrogen (secondary N) is 1. The van der Waals surface area contributed by atoms with Gasteiger partial charge in [-0.15, -0.1) is 0 Å². The zero-order valence-corrected chi connectivity index (χ0v) is 14.9. The molecule has 1 N–H and O–H groups in total. The molecular weight excluding hydrogens is 335 g/mol. The number of hydrogen-bond acceptors (Lipinski definition) is 1. The van der Waals surface area contributed by atoms with E-state index in [-0.39, 0.29) is 0 Å². The Bertz CT molecular complexity index is 673. The van der Waals surface area contributed by atoms with Crippen LogP contribution >= 0.6 is 35.4 Å². The zero-order chi connectivity index (χ0) is 16.1. The van der Waals surface area contributed by atoms with Crippen LogP contribution in [0.2, 0.25) is 10.0 Å². The summed E-state index contributed by atoms with van der Waals surface area (Å²) in [5.41, 5.74) is 3.21. The fraction of sp³-hybridized carbons (Fsp3) is 0.235. The van der Waals surface area contributed by atoms with Crippen molar-refractivity contribution in [1.82, 2.24) is 4.90 Å². The lowest BCUT2D eigenvalue weighted by molar-refractivity contribution is 0.508. The van der Waals surface area contributed by atoms with E-state index in [1.807, 2.05) is 36.2 Å². The first-order valence-corrected chi connectivity index (χ1v) is 8.21. The summed E-state index contributed by atoms with van der Waals surface area (Å²) in [5, 5.41) is 5.03. The van der Waals surface area contributed by atoms with Gasteiger partial charge in [0.2, 0.25) is 0 Å². The van der Waals surface area contributed by atoms with Gasteiger partial charge < -0.3 is 10.2 Å². The summed E-state index contributed by atoms with van der Waals surface area (Å²) < 4.78 is 0. The molecule has 0 aliphatic heterocycles. The van der Waals surface area contributed by atoms with Crippen molar-refractivity contribution in [2.75, 3.05) is 12.4 Å². The number of rotatable bonds is 4. The Morgan fingerprint density at radius 3 is 2.64 bits per heavy atom. The van der Waals surface area contributed by atoms with Crippen molar-refractivity contribution in [3.63, 3.8) is 0 Å². The molecule has 0 spiro atoms. The van der Waals surface area contributed by atoms with Crippen LogP contribution < -0.4 is 5.32 Å². The van der Waals surface area contributed by atoms with Crippen molar-refractivity contribution in [1.29, 1.82) is 0 Å². The second kappa shape index (κ2) is 7.82. The number of hydrogen-bond donors (Lipinski definition) is 1. The average Bonchev–Trinajstić information content (AvgIpc) is 2.52. The number of anilines is 1. The second-order valence-electron chi connectivity index (χ2n) is 5.05. The second-order valence-corrected chi connectivity index (χ2v) is 6.22. The Kier molecular flexibility index (Phi) is 6.07. The molecule has 2 nitrogen and oxygen atoms in total. The third-order valence-electron chi connectivity index (χ3n) is 3.37. The predicted octanol–water partition coefficient (Wildman–Crippen LogP) is 5.38. The standard InChI is InChI=1S/C17H18Cl2N2S/c1-3-12-6-4-8-14(10-12)20-17(22)21(2)11-13-7-5-9-15(18)16(13)19/h4-10H,3,11H2,1-2H3,(H,20,22). The van der Waals surface area contributed by atoms with Crippen LogP contribution in [0.25, 0.3) is 0 Å². The molecule has 0 unspecified atom stereocenters. The normalized spacial score (nSPS) is 10.4. The molecule has 0 heterocycles. The maximum Gasteiger partial charge on any atom is 0.173 e. The van der Waals surface area contributed by atoms with E-state index < -0.39 is 0 Å². The van der Waals surface area contributed by atoms with Crippen LogP contribution in [0, 0.1) is 0 Å². The van der Waals surface area contributed by atoms with Gasteiger partial charge in [0.05, 0.1) is 10.0 Å². The molecule has 0 radical (unpaired) electrons. The van der Waals surface area contributed by atoms with Crippen molar-refractivity contribution >= 4 is 46.2 Å². The molecule has 0 atom stereocenters. The van der Waals surface area contributed by atoms with Crippen LogP contribution in [-0.4, -0.2) is 17.1 Å². The van der Waals surface area contributed by atoms with Gasteiger partial charge >= 0.3 is 0 Å². The van der Waals surface area contributed by atoms with E-state index in [0.717, 1.165) is 17.7 Å². The quantitative estimate of drug-likeness (QED) is 0.743. The summed E-state index contributed by atoms with van der Waals surface area (Å²) in [4.78, 5) is 1.94. The van der Waals surface area contributed by atoms with Gasteiger partial charge in [0.25, 0.3) is 0 Å². The Hall–Kier alpha value is -1.29. The fourth-order valence-electron chi connectivity index (χ4n) is 2.09. The highest BCUT2D eigenvalue weighted by Gasteiger charge is 2.10. The summed E-state index contributed by atoms with van der Waals surface area (Å²) in [7, 11) is 1.93. The maximum atomic E-state index is 6.22. The highest BCUT2D eigenvalue weighted by atomic mass is 35.5. The molecule has 22 heavy (non-hydrogen) atoms. The molecule has 0 aliphatic carbocycles. The van der Waals surface area contributed by atoms with Crippen LogP contribution in [0.5, 0.6) is 0 Å². The SMILES string of the molecule is CCc1cccc(NC(=S)N(C)Cc2cccc(Cl)c2Cl)c1. The fourth-order valence-corrected chi connectivity index (χ4v) is 2.65. The van der Waals surface area contributed by atoms with Crippen LogP contribution in [0.4, 0.5) is 5.69 Å². The summed E-state index contributed by atoms with van der Waals surface area (Å²) in [6.45, 7) is 2.73. The van der Waals surface area contributed by atoms with E-state index in [4.69, 9.17) is 35.4 Å². The molecule has 0 saturated heterocycles. The topological polar surface area (TPSA) is 15.3 Å². The Morgan fingerprint density at radius 2 is 1.91 bits per heavy atom. The Labute approximate surface area is 147 Å². The molecule has 0 aliphatic rings. The van der Waals surface area contributed by atoms with Crippen LogP contribution in [0.15, 0.2) is 42.5 Å². The van der Waals surface area contributed by atoms with Crippen molar-refractivity contribution in [3.05, 3.63) is 63.6 Å². The number of aryl methyl sites for hydroxylation is 1. The summed E-state index contributed by atoms with van der Waals surface area (Å²) in [5.74, 6) is 0. The third-order valence-corrected chi connectivity index (χ3v) is 4.64. The smallest absolute Gasteiger partial charge is 0.173 e. The summed E-state index contributed by atoms with van der Waals surface area (Å²) in [6.07, 6.45) is 0.996. The molecule has 2 rings (SSSR count). The minimum Gasteiger partial charge on any atom is -0.348 e. The first-order valence-electron chi connectivity index (χ1n) is 7.05. The number of benzene rings is 2. The molecule has 2 aromatic rings. The van der Waals surface area contributed by atoms with Gasteiger partial charge in [0.15, 0.2) is 5.11 Å². The van der Waals surface area contributed by atoms with Crippen molar-refractivity contribution in [2.24, 2.45) is 0 Å². The molecule has 116 valence electrons. The molecule has 5 heteroatoms. The first-order chi connectivity index (χ1) is 10.5. The van der Waals surface area contributed by atoms with E-state index in [1.54, 1.807) is 6.07 Å². The highest BCUT2D eigenvalue weighted by Crippen LogP contribution is 2.26. The largest absolute Gasteiger partial charge is 0.348 e. The van der Waals surface area contributed by atoms with Crippen LogP contribution in [0.3, 0.4) is 0 Å². The summed E-state index contributed by atoms with van der Waals surface area (Å²) in [6, 6.07) is 13.9. The van der Waals surface area contributed by atoms with E-state index in [9.17, 15) is 0 Å². The van der Waals surface area contributed by atoms with Gasteiger partial charge in [-0.2, -0.15) is 0 Å². The minimum absolute atomic E-state index is 0.557. The lowest BCUT2D eigenvalue weighted by Gasteiger charge is -2.22. The highest BCUT2D eigenvalue weighted by molar-refractivity contribution is 7.80. The van der Waals surface area contributed by atoms with Crippen LogP contribution in [0.1, 0.15) is 18.1 Å². The molecule has 0 aromatic heterocycles. The molecule has 0 saturated carbocycles. The molecular formula is C17H18Cl2N2S. The van der Waals surface area contributed by atoms with Gasteiger partial charge in [0.1, 0.15) is 0 Å². The van der Waals surface area contributed by atoms with Crippen molar-refractivity contribution in [3.8, 4) is 0 Å². The molecule has 2 aromatic carbocycles.